The van der Waals surface area contributed by atoms with Crippen LogP contribution in [0.5, 0.6) is 11.5 Å². The van der Waals surface area contributed by atoms with Crippen molar-refractivity contribution >= 4 is 11.4 Å². The van der Waals surface area contributed by atoms with Gasteiger partial charge in [-0.15, -0.1) is 0 Å². The van der Waals surface area contributed by atoms with Crippen LogP contribution >= 0.6 is 0 Å². The van der Waals surface area contributed by atoms with Gasteiger partial charge in [0.2, 0.25) is 0 Å². The number of benzene rings is 2. The van der Waals surface area contributed by atoms with Gasteiger partial charge in [0, 0.05) is 11.1 Å². The normalized spacial score (nSPS) is 19.2. The number of hydrogen-bond donors (Lipinski definition) is 0. The van der Waals surface area contributed by atoms with Gasteiger partial charge in [-0.2, -0.15) is 10.2 Å². The molecule has 4 heteroatoms. The second-order valence-electron chi connectivity index (χ2n) is 6.85. The smallest absolute Gasteiger partial charge is 0.119 e. The van der Waals surface area contributed by atoms with Crippen molar-refractivity contribution in [2.75, 3.05) is 14.2 Å². The van der Waals surface area contributed by atoms with Crippen molar-refractivity contribution in [1.82, 2.24) is 0 Å². The molecule has 26 heavy (non-hydrogen) atoms. The first-order valence-electron chi connectivity index (χ1n) is 9.26. The third kappa shape index (κ3) is 3.24. The predicted octanol–water partition coefficient (Wildman–Crippen LogP) is 4.57. The van der Waals surface area contributed by atoms with Gasteiger partial charge in [0.15, 0.2) is 0 Å². The van der Waals surface area contributed by atoms with E-state index < -0.39 is 0 Å². The summed E-state index contributed by atoms with van der Waals surface area (Å²) < 4.78 is 10.7. The van der Waals surface area contributed by atoms with Gasteiger partial charge in [-0.25, -0.2) is 0 Å². The molecule has 4 nitrogen and oxygen atoms in total. The van der Waals surface area contributed by atoms with Crippen LogP contribution in [0.25, 0.3) is 0 Å². The van der Waals surface area contributed by atoms with Gasteiger partial charge in [0.1, 0.15) is 11.5 Å². The predicted molar refractivity (Wildman–Crippen MR) is 105 cm³/mol. The molecular weight excluding hydrogens is 324 g/mol. The van der Waals surface area contributed by atoms with Crippen LogP contribution in [0.2, 0.25) is 0 Å². The lowest BCUT2D eigenvalue weighted by atomic mass is 9.89. The maximum Gasteiger partial charge on any atom is 0.119 e. The van der Waals surface area contributed by atoms with Crippen molar-refractivity contribution < 1.29 is 9.47 Å². The molecule has 0 saturated carbocycles. The molecule has 0 atom stereocenters. The highest BCUT2D eigenvalue weighted by Gasteiger charge is 2.18. The summed E-state index contributed by atoms with van der Waals surface area (Å²) in [5.41, 5.74) is 7.22. The van der Waals surface area contributed by atoms with E-state index in [0.29, 0.717) is 0 Å². The van der Waals surface area contributed by atoms with E-state index in [1.807, 2.05) is 12.1 Å². The van der Waals surface area contributed by atoms with Crippen molar-refractivity contribution in [3.8, 4) is 11.5 Å². The molecule has 0 unspecified atom stereocenters. The van der Waals surface area contributed by atoms with Crippen molar-refractivity contribution in [1.29, 1.82) is 0 Å². The molecule has 0 amide bonds. The summed E-state index contributed by atoms with van der Waals surface area (Å²) in [5, 5.41) is 9.36. The molecule has 0 N–H and O–H groups in total. The molecule has 0 saturated heterocycles. The van der Waals surface area contributed by atoms with Gasteiger partial charge in [-0.3, -0.25) is 0 Å². The molecule has 0 heterocycles. The minimum absolute atomic E-state index is 0.909. The zero-order chi connectivity index (χ0) is 17.9. The van der Waals surface area contributed by atoms with E-state index in [-0.39, 0.29) is 0 Å². The summed E-state index contributed by atoms with van der Waals surface area (Å²) in [7, 11) is 3.42. The summed E-state index contributed by atoms with van der Waals surface area (Å²) in [6.07, 6.45) is 6.32. The Morgan fingerprint density at radius 1 is 0.654 bits per heavy atom. The number of nitrogens with zero attached hydrogens (tertiary/aromatic N) is 2. The van der Waals surface area contributed by atoms with Crippen LogP contribution in [0.3, 0.4) is 0 Å². The van der Waals surface area contributed by atoms with Gasteiger partial charge in [0.25, 0.3) is 0 Å². The minimum Gasteiger partial charge on any atom is -0.497 e. The zero-order valence-electron chi connectivity index (χ0n) is 15.4. The summed E-state index contributed by atoms with van der Waals surface area (Å²) >= 11 is 0. The van der Waals surface area contributed by atoms with E-state index in [0.717, 1.165) is 61.4 Å². The first-order chi connectivity index (χ1) is 12.8. The molecule has 0 spiro atoms. The molecule has 2 aromatic carbocycles. The Balaban J connectivity index is 1.67. The third-order valence-corrected chi connectivity index (χ3v) is 5.26. The number of methoxy groups -OCH3 is 2. The minimum atomic E-state index is 0.909. The molecule has 0 radical (unpaired) electrons. The molecular formula is C22H24N2O2. The molecule has 0 bridgehead atoms. The van der Waals surface area contributed by atoms with Gasteiger partial charge < -0.3 is 9.47 Å². The number of aryl methyl sites for hydroxylation is 2. The van der Waals surface area contributed by atoms with E-state index in [9.17, 15) is 0 Å². The quantitative estimate of drug-likeness (QED) is 0.763. The SMILES string of the molecule is COc1ccc2c(c1)CCC/C2=N/N=C1/CCCc2cc(OC)ccc21. The second-order valence-corrected chi connectivity index (χ2v) is 6.85. The highest BCUT2D eigenvalue weighted by molar-refractivity contribution is 6.05. The molecule has 134 valence electrons. The van der Waals surface area contributed by atoms with Crippen molar-refractivity contribution in [3.63, 3.8) is 0 Å². The lowest BCUT2D eigenvalue weighted by Crippen LogP contribution is -2.14. The van der Waals surface area contributed by atoms with Gasteiger partial charge in [-0.05, 0) is 86.1 Å². The topological polar surface area (TPSA) is 43.2 Å². The Bertz CT molecular complexity index is 810. The maximum atomic E-state index is 5.35. The first-order valence-corrected chi connectivity index (χ1v) is 9.26. The average molecular weight is 348 g/mol. The van der Waals surface area contributed by atoms with E-state index in [1.54, 1.807) is 14.2 Å². The van der Waals surface area contributed by atoms with Gasteiger partial charge in [0.05, 0.1) is 25.6 Å². The fourth-order valence-corrected chi connectivity index (χ4v) is 3.86. The van der Waals surface area contributed by atoms with Crippen LogP contribution in [0.1, 0.15) is 47.9 Å². The fraction of sp³-hybridized carbons (Fsp3) is 0.364. The lowest BCUT2D eigenvalue weighted by molar-refractivity contribution is 0.414. The first kappa shape index (κ1) is 16.8. The van der Waals surface area contributed by atoms with E-state index in [1.165, 1.54) is 22.3 Å². The van der Waals surface area contributed by atoms with Crippen LogP contribution in [0, 0.1) is 0 Å². The second kappa shape index (κ2) is 7.32. The molecule has 0 fully saturated rings. The summed E-state index contributed by atoms with van der Waals surface area (Å²) in [4.78, 5) is 0. The van der Waals surface area contributed by atoms with E-state index >= 15 is 0 Å². The van der Waals surface area contributed by atoms with Crippen LogP contribution in [-0.2, 0) is 12.8 Å². The van der Waals surface area contributed by atoms with E-state index in [4.69, 9.17) is 9.47 Å². The Morgan fingerprint density at radius 2 is 1.12 bits per heavy atom. The van der Waals surface area contributed by atoms with Crippen LogP contribution in [0.15, 0.2) is 46.6 Å². The van der Waals surface area contributed by atoms with Crippen LogP contribution < -0.4 is 9.47 Å². The van der Waals surface area contributed by atoms with Crippen LogP contribution in [0.4, 0.5) is 0 Å². The lowest BCUT2D eigenvalue weighted by Gasteiger charge is -2.19. The zero-order valence-corrected chi connectivity index (χ0v) is 15.4. The van der Waals surface area contributed by atoms with Crippen LogP contribution in [-0.4, -0.2) is 25.6 Å². The monoisotopic (exact) mass is 348 g/mol. The Kier molecular flexibility index (Phi) is 4.74. The largest absolute Gasteiger partial charge is 0.497 e. The highest BCUT2D eigenvalue weighted by atomic mass is 16.5. The standard InChI is InChI=1S/C22H24N2O2/c1-25-17-9-11-19-15(13-17)5-3-7-21(19)23-24-22-8-4-6-16-14-18(26-2)10-12-20(16)22/h9-14H,3-8H2,1-2H3/b23-21-,24-22-. The van der Waals surface area contributed by atoms with Gasteiger partial charge in [-0.1, -0.05) is 0 Å². The molecule has 4 rings (SSSR count). The summed E-state index contributed by atoms with van der Waals surface area (Å²) in [6.45, 7) is 0. The number of fused-ring (bicyclic) bond motifs is 2. The fourth-order valence-electron chi connectivity index (χ4n) is 3.86. The molecule has 2 aliphatic carbocycles. The maximum absolute atomic E-state index is 5.35. The third-order valence-electron chi connectivity index (χ3n) is 5.26. The van der Waals surface area contributed by atoms with E-state index in [2.05, 4.69) is 34.5 Å². The highest BCUT2D eigenvalue weighted by Crippen LogP contribution is 2.28. The summed E-state index contributed by atoms with van der Waals surface area (Å²) in [5.74, 6) is 1.82. The average Bonchev–Trinajstić information content (AvgIpc) is 2.71. The molecule has 2 aliphatic rings. The molecule has 0 aromatic heterocycles. The Morgan fingerprint density at radius 3 is 1.54 bits per heavy atom. The van der Waals surface area contributed by atoms with Crippen molar-refractivity contribution in [2.24, 2.45) is 10.2 Å². The number of hydrogen-bond acceptors (Lipinski definition) is 4. The Hall–Kier alpha value is -2.62. The molecule has 0 aliphatic heterocycles. The van der Waals surface area contributed by atoms with Crippen molar-refractivity contribution in [2.45, 2.75) is 38.5 Å². The summed E-state index contributed by atoms with van der Waals surface area (Å²) in [6, 6.07) is 12.5. The Labute approximate surface area is 154 Å². The van der Waals surface area contributed by atoms with Gasteiger partial charge >= 0.3 is 0 Å². The number of rotatable bonds is 3. The van der Waals surface area contributed by atoms with Crippen molar-refractivity contribution in [3.05, 3.63) is 58.7 Å². The molecule has 2 aromatic rings. The number of ether oxygens (including phenoxy) is 2.